The van der Waals surface area contributed by atoms with Gasteiger partial charge < -0.3 is 21.3 Å². The minimum absolute atomic E-state index is 0.112. The van der Waals surface area contributed by atoms with Crippen molar-refractivity contribution in [3.05, 3.63) is 71.8 Å². The van der Waals surface area contributed by atoms with E-state index in [1.165, 1.54) is 6.42 Å². The van der Waals surface area contributed by atoms with Crippen LogP contribution in [0.3, 0.4) is 0 Å². The maximum absolute atomic E-state index is 12.8. The molecule has 4 saturated carbocycles. The molecule has 0 aromatic heterocycles. The summed E-state index contributed by atoms with van der Waals surface area (Å²) < 4.78 is 0. The van der Waals surface area contributed by atoms with E-state index in [0.717, 1.165) is 43.2 Å². The molecular formula is C26H32N4O2. The number of hydrogen-bond acceptors (Lipinski definition) is 2. The number of hydrogen-bond donors (Lipinski definition) is 4. The summed E-state index contributed by atoms with van der Waals surface area (Å²) in [5.74, 6) is 1.11. The lowest BCUT2D eigenvalue weighted by molar-refractivity contribution is -0.0412. The van der Waals surface area contributed by atoms with Crippen molar-refractivity contribution in [3.63, 3.8) is 0 Å². The first kappa shape index (κ1) is 20.9. The fourth-order valence-corrected chi connectivity index (χ4v) is 6.68. The number of nitrogens with one attached hydrogen (secondary N) is 4. The van der Waals surface area contributed by atoms with E-state index in [9.17, 15) is 9.59 Å². The molecular weight excluding hydrogens is 400 g/mol. The normalized spacial score (nSPS) is 29.9. The summed E-state index contributed by atoms with van der Waals surface area (Å²) in [6.45, 7) is 1.03. The van der Waals surface area contributed by atoms with E-state index in [0.29, 0.717) is 24.9 Å². The van der Waals surface area contributed by atoms with Gasteiger partial charge in [-0.3, -0.25) is 0 Å². The molecule has 0 unspecified atom stereocenters. The van der Waals surface area contributed by atoms with Crippen LogP contribution in [0.5, 0.6) is 0 Å². The zero-order valence-electron chi connectivity index (χ0n) is 18.4. The molecule has 4 aliphatic carbocycles. The van der Waals surface area contributed by atoms with Gasteiger partial charge in [0.2, 0.25) is 0 Å². The van der Waals surface area contributed by atoms with Gasteiger partial charge in [0.25, 0.3) is 0 Å². The van der Waals surface area contributed by atoms with Gasteiger partial charge in [0, 0.05) is 24.2 Å². The van der Waals surface area contributed by atoms with Crippen LogP contribution >= 0.6 is 0 Å². The Morgan fingerprint density at radius 3 is 1.50 bits per heavy atom. The topological polar surface area (TPSA) is 82.3 Å². The Hall–Kier alpha value is -3.02. The van der Waals surface area contributed by atoms with E-state index >= 15 is 0 Å². The zero-order chi connectivity index (χ0) is 22.0. The molecule has 4 amide bonds. The third-order valence-electron chi connectivity index (χ3n) is 7.41. The molecule has 0 spiro atoms. The Morgan fingerprint density at radius 2 is 1.09 bits per heavy atom. The van der Waals surface area contributed by atoms with Gasteiger partial charge >= 0.3 is 12.1 Å². The summed E-state index contributed by atoms with van der Waals surface area (Å²) in [6.07, 6.45) is 6.07. The lowest BCUT2D eigenvalue weighted by Crippen LogP contribution is -2.71. The summed E-state index contributed by atoms with van der Waals surface area (Å²) >= 11 is 0. The van der Waals surface area contributed by atoms with Crippen molar-refractivity contribution < 1.29 is 9.59 Å². The molecule has 0 radical (unpaired) electrons. The third-order valence-corrected chi connectivity index (χ3v) is 7.41. The maximum atomic E-state index is 12.8. The van der Waals surface area contributed by atoms with Crippen molar-refractivity contribution in [1.82, 2.24) is 21.3 Å². The minimum atomic E-state index is -0.225. The smallest absolute Gasteiger partial charge is 0.315 e. The van der Waals surface area contributed by atoms with E-state index in [-0.39, 0.29) is 23.1 Å². The zero-order valence-corrected chi connectivity index (χ0v) is 18.4. The van der Waals surface area contributed by atoms with Crippen LogP contribution in [0.2, 0.25) is 0 Å². The van der Waals surface area contributed by atoms with Crippen LogP contribution in [0.1, 0.15) is 49.7 Å². The quantitative estimate of drug-likeness (QED) is 0.555. The van der Waals surface area contributed by atoms with Gasteiger partial charge in [-0.2, -0.15) is 0 Å². The second-order valence-corrected chi connectivity index (χ2v) is 10.1. The molecule has 6 rings (SSSR count). The SMILES string of the molecule is O=C(NCc1ccccc1)NC12CC3CC(C1)CC(NC(=O)NCc1ccccc1)(C3)C2. The second-order valence-electron chi connectivity index (χ2n) is 10.1. The van der Waals surface area contributed by atoms with Gasteiger partial charge in [0.15, 0.2) is 0 Å². The van der Waals surface area contributed by atoms with Crippen molar-refractivity contribution in [2.45, 2.75) is 62.7 Å². The molecule has 0 heterocycles. The summed E-state index contributed by atoms with van der Waals surface area (Å²) in [6, 6.07) is 19.7. The van der Waals surface area contributed by atoms with Crippen LogP contribution in [0.15, 0.2) is 60.7 Å². The molecule has 168 valence electrons. The second kappa shape index (κ2) is 8.49. The van der Waals surface area contributed by atoms with Crippen LogP contribution in [0.4, 0.5) is 9.59 Å². The largest absolute Gasteiger partial charge is 0.334 e. The van der Waals surface area contributed by atoms with Gasteiger partial charge in [-0.05, 0) is 61.5 Å². The van der Waals surface area contributed by atoms with Crippen molar-refractivity contribution >= 4 is 12.1 Å². The fraction of sp³-hybridized carbons (Fsp3) is 0.462. The average Bonchev–Trinajstić information content (AvgIpc) is 2.76. The van der Waals surface area contributed by atoms with Crippen LogP contribution in [0, 0.1) is 11.8 Å². The van der Waals surface area contributed by atoms with Gasteiger partial charge in [-0.25, -0.2) is 9.59 Å². The minimum Gasteiger partial charge on any atom is -0.334 e. The first-order chi connectivity index (χ1) is 15.5. The van der Waals surface area contributed by atoms with E-state index in [2.05, 4.69) is 21.3 Å². The number of benzene rings is 2. The summed E-state index contributed by atoms with van der Waals surface area (Å²) in [4.78, 5) is 25.5. The first-order valence-electron chi connectivity index (χ1n) is 11.7. The Bertz CT molecular complexity index is 873. The van der Waals surface area contributed by atoms with Crippen molar-refractivity contribution in [1.29, 1.82) is 0 Å². The lowest BCUT2D eigenvalue weighted by Gasteiger charge is -2.62. The molecule has 0 saturated heterocycles. The molecule has 4 N–H and O–H groups in total. The first-order valence-corrected chi connectivity index (χ1v) is 11.7. The van der Waals surface area contributed by atoms with Crippen LogP contribution in [-0.4, -0.2) is 23.1 Å². The monoisotopic (exact) mass is 432 g/mol. The fourth-order valence-electron chi connectivity index (χ4n) is 6.68. The average molecular weight is 433 g/mol. The highest BCUT2D eigenvalue weighted by Gasteiger charge is 2.58. The van der Waals surface area contributed by atoms with E-state index in [1.807, 2.05) is 60.7 Å². The molecule has 2 aromatic rings. The molecule has 6 nitrogen and oxygen atoms in total. The van der Waals surface area contributed by atoms with Crippen molar-refractivity contribution in [3.8, 4) is 0 Å². The lowest BCUT2D eigenvalue weighted by atomic mass is 9.50. The van der Waals surface area contributed by atoms with Gasteiger partial charge in [0.1, 0.15) is 0 Å². The molecule has 0 aliphatic heterocycles. The van der Waals surface area contributed by atoms with E-state index in [1.54, 1.807) is 0 Å². The van der Waals surface area contributed by atoms with Crippen LogP contribution in [-0.2, 0) is 13.1 Å². The Balaban J connectivity index is 1.20. The summed E-state index contributed by atoms with van der Waals surface area (Å²) in [5, 5.41) is 12.7. The highest BCUT2D eigenvalue weighted by atomic mass is 16.2. The predicted octanol–water partition coefficient (Wildman–Crippen LogP) is 4.08. The molecule has 6 heteroatoms. The Morgan fingerprint density at radius 1 is 0.688 bits per heavy atom. The molecule has 4 aliphatic rings. The molecule has 32 heavy (non-hydrogen) atoms. The van der Waals surface area contributed by atoms with Gasteiger partial charge in [-0.1, -0.05) is 60.7 Å². The number of amides is 4. The molecule has 4 fully saturated rings. The summed E-state index contributed by atoms with van der Waals surface area (Å²) in [5.41, 5.74) is 1.72. The Kier molecular flexibility index (Phi) is 5.53. The number of carbonyl (C=O) groups is 2. The number of rotatable bonds is 6. The van der Waals surface area contributed by atoms with Gasteiger partial charge in [0.05, 0.1) is 0 Å². The molecule has 4 bridgehead atoms. The number of urea groups is 2. The highest BCUT2D eigenvalue weighted by Crippen LogP contribution is 2.57. The maximum Gasteiger partial charge on any atom is 0.315 e. The predicted molar refractivity (Wildman–Crippen MR) is 124 cm³/mol. The number of carbonyl (C=O) groups excluding carboxylic acids is 2. The molecule has 2 aromatic carbocycles. The Labute approximate surface area is 189 Å². The van der Waals surface area contributed by atoms with Crippen molar-refractivity contribution in [2.75, 3.05) is 0 Å². The summed E-state index contributed by atoms with van der Waals surface area (Å²) in [7, 11) is 0. The van der Waals surface area contributed by atoms with Gasteiger partial charge in [-0.15, -0.1) is 0 Å². The van der Waals surface area contributed by atoms with Crippen LogP contribution < -0.4 is 21.3 Å². The van der Waals surface area contributed by atoms with E-state index in [4.69, 9.17) is 0 Å². The van der Waals surface area contributed by atoms with Crippen molar-refractivity contribution in [2.24, 2.45) is 11.8 Å². The van der Waals surface area contributed by atoms with E-state index < -0.39 is 0 Å². The third kappa shape index (κ3) is 4.59. The standard InChI is InChI=1S/C26H32N4O2/c31-23(27-16-19-7-3-1-4-8-19)29-25-12-21-11-22(13-25)15-26(14-21,18-25)30-24(32)28-17-20-9-5-2-6-10-20/h1-10,21-22H,11-18H2,(H2,27,29,31)(H2,28,30,32). The highest BCUT2D eigenvalue weighted by molar-refractivity contribution is 5.76. The van der Waals surface area contributed by atoms with Crippen LogP contribution in [0.25, 0.3) is 0 Å². The molecule has 0 atom stereocenters.